The van der Waals surface area contributed by atoms with Crippen LogP contribution in [0.25, 0.3) is 0 Å². The molecule has 8 nitrogen and oxygen atoms in total. The molecule has 158 valence electrons. The van der Waals surface area contributed by atoms with Gasteiger partial charge < -0.3 is 14.7 Å². The molecule has 2 aromatic heterocycles. The number of carbonyl (C=O) groups excluding carboxylic acids is 3. The zero-order chi connectivity index (χ0) is 21.4. The van der Waals surface area contributed by atoms with Crippen molar-refractivity contribution in [3.05, 3.63) is 46.1 Å². The molecule has 4 rings (SSSR count). The lowest BCUT2D eigenvalue weighted by Crippen LogP contribution is -2.41. The highest BCUT2D eigenvalue weighted by molar-refractivity contribution is 7.17. The van der Waals surface area contributed by atoms with Gasteiger partial charge in [0.15, 0.2) is 0 Å². The third-order valence-electron chi connectivity index (χ3n) is 5.58. The number of pyridine rings is 1. The van der Waals surface area contributed by atoms with E-state index < -0.39 is 0 Å². The minimum atomic E-state index is -0.115. The highest BCUT2D eigenvalue weighted by Gasteiger charge is 2.36. The molecule has 0 saturated heterocycles. The van der Waals surface area contributed by atoms with Gasteiger partial charge in [-0.3, -0.25) is 24.3 Å². The van der Waals surface area contributed by atoms with E-state index in [4.69, 9.17) is 0 Å². The van der Waals surface area contributed by atoms with Crippen LogP contribution >= 0.6 is 11.3 Å². The number of anilines is 1. The van der Waals surface area contributed by atoms with Gasteiger partial charge in [-0.2, -0.15) is 0 Å². The van der Waals surface area contributed by atoms with Gasteiger partial charge in [-0.1, -0.05) is 6.07 Å². The molecule has 0 radical (unpaired) electrons. The maximum atomic E-state index is 12.9. The fourth-order valence-corrected chi connectivity index (χ4v) is 5.27. The Morgan fingerprint density at radius 2 is 2.07 bits per heavy atom. The Bertz CT molecular complexity index is 990. The first-order valence-electron chi connectivity index (χ1n) is 9.87. The number of amides is 3. The molecular weight excluding hydrogens is 402 g/mol. The van der Waals surface area contributed by atoms with Crippen LogP contribution in [-0.2, 0) is 29.1 Å². The largest absolute Gasteiger partial charge is 0.336 e. The number of aromatic nitrogens is 1. The van der Waals surface area contributed by atoms with Crippen LogP contribution in [0.2, 0.25) is 0 Å². The first-order valence-corrected chi connectivity index (χ1v) is 10.7. The lowest BCUT2D eigenvalue weighted by atomic mass is 10.0. The standard InChI is InChI=1S/C21H25N5O3S/c1-23(10-14-5-4-7-22-9-14)12-18(28)26-8-6-15-16(11-26)30-21-19(15)20(29)24(2)13-17(27)25(21)3/h4-5,7,9H,6,8,10-13H2,1-3H3. The lowest BCUT2D eigenvalue weighted by molar-refractivity contribution is -0.133. The molecule has 0 saturated carbocycles. The van der Waals surface area contributed by atoms with E-state index in [1.54, 1.807) is 31.4 Å². The summed E-state index contributed by atoms with van der Waals surface area (Å²) in [4.78, 5) is 50.1. The quantitative estimate of drug-likeness (QED) is 0.733. The second-order valence-electron chi connectivity index (χ2n) is 7.90. The Morgan fingerprint density at radius 1 is 1.27 bits per heavy atom. The van der Waals surface area contributed by atoms with Gasteiger partial charge in [0.1, 0.15) is 11.5 Å². The Kier molecular flexibility index (Phi) is 5.57. The van der Waals surface area contributed by atoms with Crippen molar-refractivity contribution in [2.45, 2.75) is 19.5 Å². The topological polar surface area (TPSA) is 77.1 Å². The number of thiophene rings is 1. The van der Waals surface area contributed by atoms with Crippen LogP contribution < -0.4 is 4.90 Å². The maximum Gasteiger partial charge on any atom is 0.257 e. The number of rotatable bonds is 4. The van der Waals surface area contributed by atoms with Gasteiger partial charge in [-0.05, 0) is 30.7 Å². The fraction of sp³-hybridized carbons (Fsp3) is 0.429. The molecule has 30 heavy (non-hydrogen) atoms. The normalized spacial score (nSPS) is 16.6. The average Bonchev–Trinajstić information content (AvgIpc) is 3.08. The minimum Gasteiger partial charge on any atom is -0.336 e. The van der Waals surface area contributed by atoms with Crippen LogP contribution in [0.1, 0.15) is 26.4 Å². The van der Waals surface area contributed by atoms with Crippen molar-refractivity contribution in [1.29, 1.82) is 0 Å². The minimum absolute atomic E-state index is 0.0588. The number of hydrogen-bond donors (Lipinski definition) is 0. The summed E-state index contributed by atoms with van der Waals surface area (Å²) < 4.78 is 0. The van der Waals surface area contributed by atoms with E-state index in [-0.39, 0.29) is 24.3 Å². The summed E-state index contributed by atoms with van der Waals surface area (Å²) in [5, 5.41) is 0.697. The summed E-state index contributed by atoms with van der Waals surface area (Å²) in [7, 11) is 5.29. The number of likely N-dealkylation sites (N-methyl/N-ethyl adjacent to an activating group) is 3. The summed E-state index contributed by atoms with van der Waals surface area (Å²) in [6.45, 7) is 2.10. The molecule has 0 unspecified atom stereocenters. The maximum absolute atomic E-state index is 12.9. The molecule has 0 bridgehead atoms. The van der Waals surface area contributed by atoms with Crippen LogP contribution in [0.5, 0.6) is 0 Å². The molecule has 0 aromatic carbocycles. The first kappa shape index (κ1) is 20.5. The van der Waals surface area contributed by atoms with Crippen LogP contribution in [0.3, 0.4) is 0 Å². The second-order valence-corrected chi connectivity index (χ2v) is 8.98. The zero-order valence-corrected chi connectivity index (χ0v) is 18.2. The van der Waals surface area contributed by atoms with Crippen LogP contribution in [0, 0.1) is 0 Å². The SMILES string of the molecule is CN(CC(=O)N1CCc2c(sc3c2C(=O)N(C)CC(=O)N3C)C1)Cc1cccnc1. The third-order valence-corrected chi connectivity index (χ3v) is 6.88. The van der Waals surface area contributed by atoms with Crippen LogP contribution in [0.15, 0.2) is 24.5 Å². The number of fused-ring (bicyclic) bond motifs is 3. The van der Waals surface area contributed by atoms with E-state index in [1.807, 2.05) is 29.0 Å². The predicted molar refractivity (Wildman–Crippen MR) is 114 cm³/mol. The third kappa shape index (κ3) is 3.82. The highest BCUT2D eigenvalue weighted by atomic mass is 32.1. The van der Waals surface area contributed by atoms with Crippen molar-refractivity contribution in [3.63, 3.8) is 0 Å². The van der Waals surface area contributed by atoms with Gasteiger partial charge >= 0.3 is 0 Å². The van der Waals surface area contributed by atoms with Crippen molar-refractivity contribution < 1.29 is 14.4 Å². The summed E-state index contributed by atoms with van der Waals surface area (Å²) >= 11 is 1.45. The Morgan fingerprint density at radius 3 is 2.80 bits per heavy atom. The molecule has 9 heteroatoms. The number of nitrogens with zero attached hydrogens (tertiary/aromatic N) is 5. The second kappa shape index (κ2) is 8.16. The van der Waals surface area contributed by atoms with Crippen molar-refractivity contribution in [1.82, 2.24) is 19.7 Å². The van der Waals surface area contributed by atoms with Crippen LogP contribution in [0.4, 0.5) is 5.00 Å². The lowest BCUT2D eigenvalue weighted by Gasteiger charge is -2.29. The van der Waals surface area contributed by atoms with Gasteiger partial charge in [0, 0.05) is 44.5 Å². The van der Waals surface area contributed by atoms with E-state index >= 15 is 0 Å². The fourth-order valence-electron chi connectivity index (χ4n) is 3.93. The monoisotopic (exact) mass is 427 g/mol. The van der Waals surface area contributed by atoms with E-state index in [1.165, 1.54) is 16.2 Å². The molecule has 2 aromatic rings. The molecule has 0 N–H and O–H groups in total. The molecular formula is C21H25N5O3S. The summed E-state index contributed by atoms with van der Waals surface area (Å²) in [5.74, 6) is -0.159. The number of hydrogen-bond acceptors (Lipinski definition) is 6. The Balaban J connectivity index is 1.48. The van der Waals surface area contributed by atoms with E-state index in [9.17, 15) is 14.4 Å². The number of carbonyl (C=O) groups is 3. The van der Waals surface area contributed by atoms with E-state index in [2.05, 4.69) is 4.98 Å². The zero-order valence-electron chi connectivity index (χ0n) is 17.4. The molecule has 0 fully saturated rings. The molecule has 0 atom stereocenters. The van der Waals surface area contributed by atoms with Gasteiger partial charge in [-0.15, -0.1) is 11.3 Å². The Hall–Kier alpha value is -2.78. The average molecular weight is 428 g/mol. The molecule has 2 aliphatic rings. The summed E-state index contributed by atoms with van der Waals surface area (Å²) in [6.07, 6.45) is 4.16. The molecule has 3 amide bonds. The molecule has 0 spiro atoms. The first-order chi connectivity index (χ1) is 14.3. The van der Waals surface area contributed by atoms with Gasteiger partial charge in [0.05, 0.1) is 18.7 Å². The highest BCUT2D eigenvalue weighted by Crippen LogP contribution is 2.40. The van der Waals surface area contributed by atoms with Crippen molar-refractivity contribution in [3.8, 4) is 0 Å². The molecule has 4 heterocycles. The predicted octanol–water partition coefficient (Wildman–Crippen LogP) is 1.21. The summed E-state index contributed by atoms with van der Waals surface area (Å²) in [5.41, 5.74) is 2.68. The summed E-state index contributed by atoms with van der Waals surface area (Å²) in [6, 6.07) is 3.88. The van der Waals surface area contributed by atoms with E-state index in [0.29, 0.717) is 43.2 Å². The van der Waals surface area contributed by atoms with Gasteiger partial charge in [0.25, 0.3) is 5.91 Å². The molecule has 2 aliphatic heterocycles. The van der Waals surface area contributed by atoms with Gasteiger partial charge in [0.2, 0.25) is 11.8 Å². The van der Waals surface area contributed by atoms with Crippen molar-refractivity contribution >= 4 is 34.1 Å². The molecule has 0 aliphatic carbocycles. The van der Waals surface area contributed by atoms with Crippen molar-refractivity contribution in [2.24, 2.45) is 0 Å². The Labute approximate surface area is 179 Å². The smallest absolute Gasteiger partial charge is 0.257 e. The van der Waals surface area contributed by atoms with Crippen LogP contribution in [-0.4, -0.2) is 78.2 Å². The van der Waals surface area contributed by atoms with Crippen molar-refractivity contribution in [2.75, 3.05) is 45.7 Å². The van der Waals surface area contributed by atoms with E-state index in [0.717, 1.165) is 16.0 Å². The van der Waals surface area contributed by atoms with Gasteiger partial charge in [-0.25, -0.2) is 0 Å².